The lowest BCUT2D eigenvalue weighted by molar-refractivity contribution is -0.148. The molecular weight excluding hydrogens is 244 g/mol. The van der Waals surface area contributed by atoms with Gasteiger partial charge in [-0.3, -0.25) is 4.79 Å². The third-order valence-corrected chi connectivity index (χ3v) is 3.23. The highest BCUT2D eigenvalue weighted by molar-refractivity contribution is 5.81. The van der Waals surface area contributed by atoms with Crippen molar-refractivity contribution in [3.8, 4) is 0 Å². The van der Waals surface area contributed by atoms with Gasteiger partial charge in [0.25, 0.3) is 5.91 Å². The minimum atomic E-state index is -0.382. The van der Waals surface area contributed by atoms with Crippen LogP contribution in [-0.4, -0.2) is 42.6 Å². The molecule has 0 spiro atoms. The highest BCUT2D eigenvalue weighted by Gasteiger charge is 2.28. The highest BCUT2D eigenvalue weighted by Crippen LogP contribution is 2.14. The standard InChI is InChI=1S/C14H22N2O3/c1-10(2)16(9-12-5-4-11(3)19-12)14(17)13-8-15-6-7-18-13/h4-5,10,13,15H,6-9H2,1-3H3. The number of aryl methyl sites for hydroxylation is 1. The lowest BCUT2D eigenvalue weighted by Gasteiger charge is -2.31. The van der Waals surface area contributed by atoms with Crippen molar-refractivity contribution in [2.75, 3.05) is 19.7 Å². The number of carbonyl (C=O) groups is 1. The average Bonchev–Trinajstić information content (AvgIpc) is 2.81. The Morgan fingerprint density at radius 2 is 2.32 bits per heavy atom. The molecule has 19 heavy (non-hydrogen) atoms. The van der Waals surface area contributed by atoms with Crippen molar-refractivity contribution in [2.45, 2.75) is 39.5 Å². The zero-order valence-corrected chi connectivity index (χ0v) is 11.8. The molecule has 1 aromatic heterocycles. The molecule has 1 atom stereocenters. The van der Waals surface area contributed by atoms with E-state index in [9.17, 15) is 4.79 Å². The minimum absolute atomic E-state index is 0.0243. The third-order valence-electron chi connectivity index (χ3n) is 3.23. The van der Waals surface area contributed by atoms with Gasteiger partial charge < -0.3 is 19.4 Å². The summed E-state index contributed by atoms with van der Waals surface area (Å²) in [5.41, 5.74) is 0. The van der Waals surface area contributed by atoms with Crippen molar-refractivity contribution in [2.24, 2.45) is 0 Å². The van der Waals surface area contributed by atoms with Crippen LogP contribution in [0, 0.1) is 6.92 Å². The summed E-state index contributed by atoms with van der Waals surface area (Å²) in [7, 11) is 0. The maximum absolute atomic E-state index is 12.5. The first kappa shape index (κ1) is 14.1. The first-order valence-corrected chi connectivity index (χ1v) is 6.76. The van der Waals surface area contributed by atoms with E-state index >= 15 is 0 Å². The number of hydrogen-bond donors (Lipinski definition) is 1. The first-order valence-electron chi connectivity index (χ1n) is 6.76. The van der Waals surface area contributed by atoms with Crippen LogP contribution < -0.4 is 5.32 Å². The topological polar surface area (TPSA) is 54.7 Å². The molecule has 2 heterocycles. The van der Waals surface area contributed by atoms with Gasteiger partial charge in [0.2, 0.25) is 0 Å². The van der Waals surface area contributed by atoms with Crippen molar-refractivity contribution < 1.29 is 13.9 Å². The zero-order valence-electron chi connectivity index (χ0n) is 11.8. The SMILES string of the molecule is Cc1ccc(CN(C(=O)C2CNCCO2)C(C)C)o1. The second-order valence-corrected chi connectivity index (χ2v) is 5.14. The van der Waals surface area contributed by atoms with Crippen LogP contribution in [0.2, 0.25) is 0 Å². The molecule has 1 fully saturated rings. The maximum Gasteiger partial charge on any atom is 0.253 e. The molecule has 0 bridgehead atoms. The number of hydrogen-bond acceptors (Lipinski definition) is 4. The van der Waals surface area contributed by atoms with E-state index in [1.807, 2.05) is 32.9 Å². The first-order chi connectivity index (χ1) is 9.08. The van der Waals surface area contributed by atoms with Crippen LogP contribution in [0.15, 0.2) is 16.5 Å². The van der Waals surface area contributed by atoms with Gasteiger partial charge in [-0.15, -0.1) is 0 Å². The summed E-state index contributed by atoms with van der Waals surface area (Å²) in [6.45, 7) is 8.38. The summed E-state index contributed by atoms with van der Waals surface area (Å²) >= 11 is 0. The molecule has 5 nitrogen and oxygen atoms in total. The van der Waals surface area contributed by atoms with Gasteiger partial charge in [-0.25, -0.2) is 0 Å². The lowest BCUT2D eigenvalue weighted by Crippen LogP contribution is -2.50. The molecule has 1 amide bonds. The predicted octanol–water partition coefficient (Wildman–Crippen LogP) is 1.31. The van der Waals surface area contributed by atoms with Crippen LogP contribution in [0.25, 0.3) is 0 Å². The fourth-order valence-corrected chi connectivity index (χ4v) is 2.16. The van der Waals surface area contributed by atoms with Crippen molar-refractivity contribution in [1.29, 1.82) is 0 Å². The van der Waals surface area contributed by atoms with E-state index in [2.05, 4.69) is 5.32 Å². The highest BCUT2D eigenvalue weighted by atomic mass is 16.5. The summed E-state index contributed by atoms with van der Waals surface area (Å²) in [6.07, 6.45) is -0.382. The molecule has 0 radical (unpaired) electrons. The van der Waals surface area contributed by atoms with Crippen molar-refractivity contribution >= 4 is 5.91 Å². The molecule has 2 rings (SSSR count). The van der Waals surface area contributed by atoms with Gasteiger partial charge in [-0.2, -0.15) is 0 Å². The van der Waals surface area contributed by atoms with Crippen LogP contribution in [0.4, 0.5) is 0 Å². The van der Waals surface area contributed by atoms with Gasteiger partial charge in [0.1, 0.15) is 17.6 Å². The molecule has 1 unspecified atom stereocenters. The predicted molar refractivity (Wildman–Crippen MR) is 71.7 cm³/mol. The Balaban J connectivity index is 2.04. The van der Waals surface area contributed by atoms with Crippen LogP contribution in [0.1, 0.15) is 25.4 Å². The van der Waals surface area contributed by atoms with Gasteiger partial charge in [-0.1, -0.05) is 0 Å². The Morgan fingerprint density at radius 1 is 1.53 bits per heavy atom. The average molecular weight is 266 g/mol. The monoisotopic (exact) mass is 266 g/mol. The van der Waals surface area contributed by atoms with Crippen LogP contribution >= 0.6 is 0 Å². The van der Waals surface area contributed by atoms with Gasteiger partial charge in [0.15, 0.2) is 0 Å². The summed E-state index contributed by atoms with van der Waals surface area (Å²) in [5.74, 6) is 1.70. The number of nitrogens with zero attached hydrogens (tertiary/aromatic N) is 1. The van der Waals surface area contributed by atoms with Gasteiger partial charge in [0, 0.05) is 19.1 Å². The number of carbonyl (C=O) groups excluding carboxylic acids is 1. The second-order valence-electron chi connectivity index (χ2n) is 5.14. The molecule has 0 aliphatic carbocycles. The van der Waals surface area contributed by atoms with Crippen LogP contribution in [0.3, 0.4) is 0 Å². The molecule has 1 aromatic rings. The van der Waals surface area contributed by atoms with Crippen molar-refractivity contribution in [3.05, 3.63) is 23.7 Å². The van der Waals surface area contributed by atoms with Crippen molar-refractivity contribution in [3.63, 3.8) is 0 Å². The molecule has 0 aromatic carbocycles. The van der Waals surface area contributed by atoms with E-state index in [0.717, 1.165) is 18.1 Å². The van der Waals surface area contributed by atoms with E-state index in [-0.39, 0.29) is 18.1 Å². The Labute approximate surface area is 113 Å². The van der Waals surface area contributed by atoms with Crippen LogP contribution in [0.5, 0.6) is 0 Å². The number of furan rings is 1. The molecule has 0 saturated carbocycles. The van der Waals surface area contributed by atoms with Crippen LogP contribution in [-0.2, 0) is 16.1 Å². The van der Waals surface area contributed by atoms with E-state index in [4.69, 9.17) is 9.15 Å². The summed E-state index contributed by atoms with van der Waals surface area (Å²) in [6, 6.07) is 3.94. The molecule has 5 heteroatoms. The third kappa shape index (κ3) is 3.58. The minimum Gasteiger partial charge on any atom is -0.464 e. The van der Waals surface area contributed by atoms with E-state index < -0.39 is 0 Å². The Hall–Kier alpha value is -1.33. The Bertz CT molecular complexity index is 422. The number of amides is 1. The number of morpholine rings is 1. The van der Waals surface area contributed by atoms with Gasteiger partial charge in [0.05, 0.1) is 13.2 Å². The smallest absolute Gasteiger partial charge is 0.253 e. The van der Waals surface area contributed by atoms with Gasteiger partial charge >= 0.3 is 0 Å². The molecule has 106 valence electrons. The van der Waals surface area contributed by atoms with Gasteiger partial charge in [-0.05, 0) is 32.9 Å². The fourth-order valence-electron chi connectivity index (χ4n) is 2.16. The number of ether oxygens (including phenoxy) is 1. The maximum atomic E-state index is 12.5. The molecule has 1 aliphatic heterocycles. The molecule has 1 N–H and O–H groups in total. The van der Waals surface area contributed by atoms with E-state index in [1.165, 1.54) is 0 Å². The Kier molecular flexibility index (Phi) is 4.61. The lowest BCUT2D eigenvalue weighted by atomic mass is 10.2. The Morgan fingerprint density at radius 3 is 2.84 bits per heavy atom. The number of rotatable bonds is 4. The number of nitrogens with one attached hydrogen (secondary N) is 1. The van der Waals surface area contributed by atoms with E-state index in [0.29, 0.717) is 19.7 Å². The van der Waals surface area contributed by atoms with E-state index in [1.54, 1.807) is 4.90 Å². The molecular formula is C14H22N2O3. The quantitative estimate of drug-likeness (QED) is 0.893. The molecule has 1 saturated heterocycles. The van der Waals surface area contributed by atoms with Crippen molar-refractivity contribution in [1.82, 2.24) is 10.2 Å². The summed E-state index contributed by atoms with van der Waals surface area (Å²) in [5, 5.41) is 3.18. The normalized spacial score (nSPS) is 19.7. The zero-order chi connectivity index (χ0) is 13.8. The summed E-state index contributed by atoms with van der Waals surface area (Å²) in [4.78, 5) is 14.3. The fraction of sp³-hybridized carbons (Fsp3) is 0.643. The second kappa shape index (κ2) is 6.21. The largest absolute Gasteiger partial charge is 0.464 e. The summed E-state index contributed by atoms with van der Waals surface area (Å²) < 4.78 is 11.1. The molecule has 1 aliphatic rings.